The first kappa shape index (κ1) is 60.7. The Balaban J connectivity index is 0.870. The molecular weight excluding hydrogens is 1110 g/mol. The number of carbonyl (C=O) groups is 4. The Kier molecular flexibility index (Phi) is 19.9. The van der Waals surface area contributed by atoms with Crippen molar-refractivity contribution in [3.05, 3.63) is 174 Å². The van der Waals surface area contributed by atoms with Gasteiger partial charge >= 0.3 is 0 Å². The minimum atomic E-state index is -3.07. The maximum absolute atomic E-state index is 15.4. The third kappa shape index (κ3) is 15.4. The van der Waals surface area contributed by atoms with E-state index < -0.39 is 109 Å². The summed E-state index contributed by atoms with van der Waals surface area (Å²) in [5, 5.41) is 12.3. The molecule has 4 amide bonds. The van der Waals surface area contributed by atoms with Gasteiger partial charge in [-0.1, -0.05) is 80.9 Å². The zero-order valence-corrected chi connectivity index (χ0v) is 46.2. The molecule has 83 heavy (non-hydrogen) atoms. The van der Waals surface area contributed by atoms with E-state index in [0.717, 1.165) is 33.2 Å². The molecule has 0 radical (unpaired) electrons. The molecule has 1 saturated heterocycles. The second-order valence-electron chi connectivity index (χ2n) is 20.5. The van der Waals surface area contributed by atoms with Crippen LogP contribution in [0.15, 0.2) is 107 Å². The van der Waals surface area contributed by atoms with Crippen LogP contribution in [0.4, 0.5) is 29.1 Å². The first-order valence-corrected chi connectivity index (χ1v) is 26.7. The largest absolute Gasteiger partial charge is 0.377 e. The number of rotatable bonds is 23. The number of halogens is 5. The van der Waals surface area contributed by atoms with Crippen LogP contribution >= 0.6 is 11.6 Å². The van der Waals surface area contributed by atoms with Crippen molar-refractivity contribution in [2.75, 3.05) is 75.7 Å². The van der Waals surface area contributed by atoms with Crippen LogP contribution in [-0.2, 0) is 50.1 Å². The molecule has 2 atom stereocenters. The van der Waals surface area contributed by atoms with Crippen LogP contribution in [0.25, 0.3) is 12.2 Å². The lowest BCUT2D eigenvalue weighted by Crippen LogP contribution is -2.65. The van der Waals surface area contributed by atoms with E-state index >= 15 is 13.6 Å². The molecule has 20 nitrogen and oxygen atoms in total. The Morgan fingerprint density at radius 2 is 1.53 bits per heavy atom. The molecule has 0 unspecified atom stereocenters. The number of amides is 4. The summed E-state index contributed by atoms with van der Waals surface area (Å²) in [6, 6.07) is 16.6. The first-order valence-electron chi connectivity index (χ1n) is 26.4. The third-order valence-corrected chi connectivity index (χ3v) is 13.8. The van der Waals surface area contributed by atoms with E-state index in [9.17, 15) is 38.0 Å². The molecule has 1 aliphatic heterocycles. The highest BCUT2D eigenvalue weighted by atomic mass is 35.5. The van der Waals surface area contributed by atoms with Crippen LogP contribution in [0, 0.1) is 23.0 Å². The summed E-state index contributed by atoms with van der Waals surface area (Å²) in [6.45, 7) is 4.82. The van der Waals surface area contributed by atoms with E-state index in [2.05, 4.69) is 25.3 Å². The standard InChI is InChI=1S/C58H59ClF4N10O10/c1-57(2,3)52-44(66-35-67-52)28-45-55(78)71(46(53(76)69-45)23-36-9-5-4-6-10-36)15-16-80-17-18-81-19-20-82-21-22-83-34-50(75)70-32-47(73(49(74)33-70)48-24-37(31-64)13-14-65-48)56(79)72(41-26-38(60)25-39(61)27-41)51(42-11-7-8-12-43(42)59)54(77)68-40-29-58(62,63)30-40/h4-14,23-28,35,40,47,51H,15-22,29-30,32-34H2,1-3H3,(H,66,67)(H,68,77)(H,69,76)/b45-28-,46-23-/t47-,51-/m0/s1. The average Bonchev–Trinajstić information content (AvgIpc) is 3.10. The van der Waals surface area contributed by atoms with Gasteiger partial charge in [0.1, 0.15) is 53.4 Å². The predicted octanol–water partition coefficient (Wildman–Crippen LogP) is 4.41. The second kappa shape index (κ2) is 27.2. The summed E-state index contributed by atoms with van der Waals surface area (Å²) in [7, 11) is 0. The normalized spacial score (nSPS) is 16.1. The highest BCUT2D eigenvalue weighted by Gasteiger charge is 2.49. The zero-order chi connectivity index (χ0) is 59.4. The van der Waals surface area contributed by atoms with Crippen LogP contribution in [0.2, 0.25) is 5.02 Å². The third-order valence-electron chi connectivity index (χ3n) is 13.4. The number of hydrogen-bond acceptors (Lipinski definition) is 13. The molecule has 3 aromatic heterocycles. The summed E-state index contributed by atoms with van der Waals surface area (Å²) in [4.78, 5) is 102. The highest BCUT2D eigenvalue weighted by Crippen LogP contribution is 2.40. The number of aromatic amines is 2. The molecule has 3 aromatic carbocycles. The molecule has 25 heteroatoms. The first-order chi connectivity index (χ1) is 39.7. The molecule has 436 valence electrons. The van der Waals surface area contributed by atoms with Crippen molar-refractivity contribution in [3.63, 3.8) is 0 Å². The number of nitrogens with zero attached hydrogens (tertiary/aromatic N) is 7. The number of anilines is 2. The maximum atomic E-state index is 15.4. The fraction of sp³-hybridized carbons (Fsp3) is 0.362. The molecule has 2 fully saturated rings. The minimum absolute atomic E-state index is 0.00931. The molecule has 1 aliphatic carbocycles. The van der Waals surface area contributed by atoms with E-state index in [1.807, 2.05) is 57.2 Å². The van der Waals surface area contributed by atoms with Gasteiger partial charge < -0.3 is 39.1 Å². The molecule has 4 heterocycles. The van der Waals surface area contributed by atoms with Crippen molar-refractivity contribution < 1.29 is 55.7 Å². The van der Waals surface area contributed by atoms with Crippen molar-refractivity contribution in [2.24, 2.45) is 0 Å². The van der Waals surface area contributed by atoms with Crippen molar-refractivity contribution in [2.45, 2.75) is 69.6 Å². The Bertz CT molecular complexity index is 3600. The van der Waals surface area contributed by atoms with Gasteiger partial charge in [-0.15, -0.1) is 0 Å². The number of imidazole rings is 1. The van der Waals surface area contributed by atoms with Gasteiger partial charge in [-0.2, -0.15) is 5.26 Å². The zero-order valence-electron chi connectivity index (χ0n) is 45.4. The van der Waals surface area contributed by atoms with Gasteiger partial charge in [0.25, 0.3) is 22.9 Å². The van der Waals surface area contributed by atoms with Gasteiger partial charge in [0.15, 0.2) is 0 Å². The van der Waals surface area contributed by atoms with Gasteiger partial charge in [-0.3, -0.25) is 43.1 Å². The van der Waals surface area contributed by atoms with Crippen LogP contribution < -0.4 is 36.9 Å². The van der Waals surface area contributed by atoms with Crippen molar-refractivity contribution in [1.82, 2.24) is 34.7 Å². The van der Waals surface area contributed by atoms with Gasteiger partial charge in [0.2, 0.25) is 17.7 Å². The lowest BCUT2D eigenvalue weighted by molar-refractivity contribution is -0.143. The lowest BCUT2D eigenvalue weighted by Gasteiger charge is -2.43. The number of carbonyl (C=O) groups excluding carboxylic acids is 4. The maximum Gasteiger partial charge on any atom is 0.275 e. The fourth-order valence-electron chi connectivity index (χ4n) is 9.44. The summed E-state index contributed by atoms with van der Waals surface area (Å²) in [6.07, 6.45) is 4.47. The molecule has 1 saturated carbocycles. The quantitative estimate of drug-likeness (QED) is 0.0595. The van der Waals surface area contributed by atoms with Gasteiger partial charge in [0, 0.05) is 59.4 Å². The monoisotopic (exact) mass is 1170 g/mol. The summed E-state index contributed by atoms with van der Waals surface area (Å²) in [5.41, 5.74) is 0.245. The molecule has 8 rings (SSSR count). The predicted molar refractivity (Wildman–Crippen MR) is 296 cm³/mol. The Hall–Kier alpha value is -8.34. The molecule has 6 aromatic rings. The van der Waals surface area contributed by atoms with E-state index in [1.54, 1.807) is 12.2 Å². The molecule has 0 spiro atoms. The Labute approximate surface area is 477 Å². The van der Waals surface area contributed by atoms with E-state index in [4.69, 9.17) is 30.5 Å². The number of alkyl halides is 2. The summed E-state index contributed by atoms with van der Waals surface area (Å²) >= 11 is 6.62. The SMILES string of the molecule is CC(C)(C)c1[nH]cnc1/C=c1\[nH]c(=O)/c(=C/c2ccccc2)n(CCOCCOCCOCCOCC(=O)N2CC(=O)N(c3cc(C#N)ccn3)[C@H](C(=O)N(c3cc(F)cc(F)c3)[C@H](C(=O)NC3CC(F)(F)C3)c3ccccc3Cl)C2)c1=O. The number of piperazine rings is 1. The van der Waals surface area contributed by atoms with Crippen LogP contribution in [0.1, 0.15) is 67.7 Å². The van der Waals surface area contributed by atoms with Crippen molar-refractivity contribution in [1.29, 1.82) is 5.26 Å². The topological polar surface area (TPSA) is 247 Å². The van der Waals surface area contributed by atoms with E-state index in [1.165, 1.54) is 53.5 Å². The van der Waals surface area contributed by atoms with Gasteiger partial charge in [0.05, 0.1) is 82.1 Å². The molecule has 3 N–H and O–H groups in total. The van der Waals surface area contributed by atoms with E-state index in [-0.39, 0.29) is 90.9 Å². The fourth-order valence-corrected chi connectivity index (χ4v) is 9.68. The van der Waals surface area contributed by atoms with E-state index in [0.29, 0.717) is 16.7 Å². The number of nitriles is 1. The number of H-pyrrole nitrogens is 2. The van der Waals surface area contributed by atoms with Crippen LogP contribution in [0.3, 0.4) is 0 Å². The number of nitrogens with one attached hydrogen (secondary N) is 3. The number of aromatic nitrogens is 5. The van der Waals surface area contributed by atoms with Crippen LogP contribution in [0.5, 0.6) is 0 Å². The van der Waals surface area contributed by atoms with Crippen LogP contribution in [-0.4, -0.2) is 137 Å². The summed E-state index contributed by atoms with van der Waals surface area (Å²) < 4.78 is 82.3. The Morgan fingerprint density at radius 3 is 2.18 bits per heavy atom. The lowest BCUT2D eigenvalue weighted by atomic mass is 9.87. The molecular formula is C58H59ClF4N10O10. The number of benzene rings is 3. The number of pyridine rings is 1. The highest BCUT2D eigenvalue weighted by molar-refractivity contribution is 6.31. The average molecular weight is 1170 g/mol. The number of hydrogen-bond donors (Lipinski definition) is 3. The summed E-state index contributed by atoms with van der Waals surface area (Å²) in [5.74, 6) is -9.47. The minimum Gasteiger partial charge on any atom is -0.377 e. The van der Waals surface area contributed by atoms with Gasteiger partial charge in [-0.25, -0.2) is 27.5 Å². The van der Waals surface area contributed by atoms with Crippen molar-refractivity contribution >= 4 is 58.9 Å². The molecule has 0 bridgehead atoms. The van der Waals surface area contributed by atoms with Gasteiger partial charge in [-0.05, 0) is 48.0 Å². The molecule has 2 aliphatic rings. The number of ether oxygens (including phenoxy) is 4. The second-order valence-corrected chi connectivity index (χ2v) is 20.9. The Morgan fingerprint density at radius 1 is 0.880 bits per heavy atom. The smallest absolute Gasteiger partial charge is 0.275 e. The van der Waals surface area contributed by atoms with Crippen molar-refractivity contribution in [3.8, 4) is 6.07 Å².